The number of hydrogen-bond acceptors (Lipinski definition) is 2. The second-order valence-corrected chi connectivity index (χ2v) is 5.73. The number of anilines is 1. The Kier molecular flexibility index (Phi) is 4.46. The highest BCUT2D eigenvalue weighted by molar-refractivity contribution is 9.10. The fraction of sp³-hybridized carbons (Fsp3) is 0.571. The van der Waals surface area contributed by atoms with Gasteiger partial charge >= 0.3 is 0 Å². The molecule has 0 amide bonds. The van der Waals surface area contributed by atoms with Crippen LogP contribution in [-0.4, -0.2) is 30.6 Å². The lowest BCUT2D eigenvalue weighted by Gasteiger charge is -2.32. The van der Waals surface area contributed by atoms with Crippen molar-refractivity contribution in [3.8, 4) is 0 Å². The Morgan fingerprint density at radius 1 is 1.35 bits per heavy atom. The number of nitrogens with zero attached hydrogens (tertiary/aromatic N) is 1. The van der Waals surface area contributed by atoms with Gasteiger partial charge in [0.15, 0.2) is 0 Å². The molecule has 1 aliphatic heterocycles. The van der Waals surface area contributed by atoms with Crippen LogP contribution in [0.25, 0.3) is 0 Å². The predicted molar refractivity (Wildman–Crippen MR) is 77.6 cm³/mol. The Bertz CT molecular complexity index is 370. The molecule has 17 heavy (non-hydrogen) atoms. The van der Waals surface area contributed by atoms with Crippen LogP contribution in [0.1, 0.15) is 25.3 Å². The molecule has 1 N–H and O–H groups in total. The van der Waals surface area contributed by atoms with Crippen LogP contribution < -0.4 is 5.32 Å². The Balaban J connectivity index is 1.95. The maximum Gasteiger partial charge on any atom is 0.0383 e. The van der Waals surface area contributed by atoms with Crippen LogP contribution in [0.3, 0.4) is 0 Å². The first-order valence-electron chi connectivity index (χ1n) is 6.44. The van der Waals surface area contributed by atoms with Crippen molar-refractivity contribution >= 4 is 21.6 Å². The van der Waals surface area contributed by atoms with Gasteiger partial charge in [0.25, 0.3) is 0 Å². The smallest absolute Gasteiger partial charge is 0.0383 e. The second kappa shape index (κ2) is 5.87. The van der Waals surface area contributed by atoms with Crippen LogP contribution in [0.15, 0.2) is 22.7 Å². The summed E-state index contributed by atoms with van der Waals surface area (Å²) in [6.45, 7) is 8.03. The van der Waals surface area contributed by atoms with Gasteiger partial charge in [-0.15, -0.1) is 0 Å². The molecule has 0 spiro atoms. The van der Waals surface area contributed by atoms with Gasteiger partial charge in [0.2, 0.25) is 0 Å². The zero-order valence-corrected chi connectivity index (χ0v) is 12.3. The van der Waals surface area contributed by atoms with Crippen molar-refractivity contribution in [3.05, 3.63) is 28.2 Å². The van der Waals surface area contributed by atoms with E-state index < -0.39 is 0 Å². The van der Waals surface area contributed by atoms with Gasteiger partial charge in [0.05, 0.1) is 0 Å². The maximum absolute atomic E-state index is 3.68. The molecule has 1 saturated heterocycles. The minimum absolute atomic E-state index is 0.630. The summed E-state index contributed by atoms with van der Waals surface area (Å²) >= 11 is 3.53. The van der Waals surface area contributed by atoms with Crippen LogP contribution >= 0.6 is 15.9 Å². The molecule has 0 saturated carbocycles. The van der Waals surface area contributed by atoms with Crippen molar-refractivity contribution in [2.75, 3.05) is 25.0 Å². The second-order valence-electron chi connectivity index (χ2n) is 4.81. The fourth-order valence-electron chi connectivity index (χ4n) is 2.36. The van der Waals surface area contributed by atoms with Gasteiger partial charge in [0, 0.05) is 29.3 Å². The highest BCUT2D eigenvalue weighted by Gasteiger charge is 2.18. The summed E-state index contributed by atoms with van der Waals surface area (Å²) in [5.41, 5.74) is 2.60. The van der Waals surface area contributed by atoms with Crippen molar-refractivity contribution in [1.82, 2.24) is 4.90 Å². The molecular weight excluding hydrogens is 276 g/mol. The van der Waals surface area contributed by atoms with E-state index in [1.165, 1.54) is 43.7 Å². The molecular formula is C14H21BrN2. The van der Waals surface area contributed by atoms with Crippen molar-refractivity contribution in [2.45, 2.75) is 32.7 Å². The Hall–Kier alpha value is -0.540. The third-order valence-corrected chi connectivity index (χ3v) is 4.09. The van der Waals surface area contributed by atoms with Crippen LogP contribution in [0.5, 0.6) is 0 Å². The van der Waals surface area contributed by atoms with Gasteiger partial charge in [0.1, 0.15) is 0 Å². The van der Waals surface area contributed by atoms with Gasteiger partial charge < -0.3 is 10.2 Å². The van der Waals surface area contributed by atoms with E-state index in [0.717, 1.165) is 4.47 Å². The van der Waals surface area contributed by atoms with Gasteiger partial charge in [-0.25, -0.2) is 0 Å². The highest BCUT2D eigenvalue weighted by Crippen LogP contribution is 2.23. The number of benzene rings is 1. The van der Waals surface area contributed by atoms with Gasteiger partial charge in [-0.05, 0) is 44.0 Å². The topological polar surface area (TPSA) is 15.3 Å². The Morgan fingerprint density at radius 2 is 2.06 bits per heavy atom. The van der Waals surface area contributed by atoms with Crippen molar-refractivity contribution in [2.24, 2.45) is 0 Å². The molecule has 3 heteroatoms. The first-order chi connectivity index (χ1) is 8.19. The molecule has 0 atom stereocenters. The zero-order valence-electron chi connectivity index (χ0n) is 10.7. The summed E-state index contributed by atoms with van der Waals surface area (Å²) < 4.78 is 1.15. The van der Waals surface area contributed by atoms with E-state index in [4.69, 9.17) is 0 Å². The summed E-state index contributed by atoms with van der Waals surface area (Å²) in [6.07, 6.45) is 2.50. The number of rotatable bonds is 3. The third-order valence-electron chi connectivity index (χ3n) is 3.59. The third kappa shape index (κ3) is 3.46. The molecule has 1 aromatic rings. The lowest BCUT2D eigenvalue weighted by atomic mass is 10.0. The number of aryl methyl sites for hydroxylation is 1. The zero-order chi connectivity index (χ0) is 12.3. The largest absolute Gasteiger partial charge is 0.382 e. The first-order valence-corrected chi connectivity index (χ1v) is 7.23. The van der Waals surface area contributed by atoms with Crippen LogP contribution in [0.2, 0.25) is 0 Å². The van der Waals surface area contributed by atoms with E-state index in [1.807, 2.05) is 0 Å². The highest BCUT2D eigenvalue weighted by atomic mass is 79.9. The number of piperidine rings is 1. The molecule has 94 valence electrons. The van der Waals surface area contributed by atoms with Crippen LogP contribution in [0, 0.1) is 6.92 Å². The molecule has 1 aromatic carbocycles. The lowest BCUT2D eigenvalue weighted by Crippen LogP contribution is -2.38. The van der Waals surface area contributed by atoms with Gasteiger partial charge in [-0.1, -0.05) is 28.9 Å². The minimum atomic E-state index is 0.630. The van der Waals surface area contributed by atoms with Crippen molar-refractivity contribution in [3.63, 3.8) is 0 Å². The maximum atomic E-state index is 3.68. The number of hydrogen-bond donors (Lipinski definition) is 1. The summed E-state index contributed by atoms with van der Waals surface area (Å²) in [5, 5.41) is 3.68. The van der Waals surface area contributed by atoms with Crippen LogP contribution in [-0.2, 0) is 0 Å². The number of nitrogens with one attached hydrogen (secondary N) is 1. The molecule has 0 aromatic heterocycles. The van der Waals surface area contributed by atoms with E-state index in [-0.39, 0.29) is 0 Å². The molecule has 1 fully saturated rings. The molecule has 0 aliphatic carbocycles. The summed E-state index contributed by atoms with van der Waals surface area (Å²) in [7, 11) is 0. The Morgan fingerprint density at radius 3 is 2.71 bits per heavy atom. The van der Waals surface area contributed by atoms with E-state index in [9.17, 15) is 0 Å². The Labute approximate surface area is 113 Å². The molecule has 1 heterocycles. The molecule has 2 nitrogen and oxygen atoms in total. The SMILES string of the molecule is CCN1CCC(Nc2cc(Br)ccc2C)CC1. The average molecular weight is 297 g/mol. The lowest BCUT2D eigenvalue weighted by molar-refractivity contribution is 0.229. The molecule has 0 unspecified atom stereocenters. The number of likely N-dealkylation sites (tertiary alicyclic amines) is 1. The molecule has 1 aliphatic rings. The monoisotopic (exact) mass is 296 g/mol. The van der Waals surface area contributed by atoms with Gasteiger partial charge in [-0.2, -0.15) is 0 Å². The standard InChI is InChI=1S/C14H21BrN2/c1-3-17-8-6-13(7-9-17)16-14-10-12(15)5-4-11(14)2/h4-5,10,13,16H,3,6-9H2,1-2H3. The quantitative estimate of drug-likeness (QED) is 0.916. The summed E-state index contributed by atoms with van der Waals surface area (Å²) in [5.74, 6) is 0. The minimum Gasteiger partial charge on any atom is -0.382 e. The summed E-state index contributed by atoms with van der Waals surface area (Å²) in [4.78, 5) is 2.52. The number of halogens is 1. The molecule has 2 rings (SSSR count). The molecule has 0 radical (unpaired) electrons. The van der Waals surface area contributed by atoms with E-state index in [1.54, 1.807) is 0 Å². The van der Waals surface area contributed by atoms with Crippen molar-refractivity contribution < 1.29 is 0 Å². The fourth-order valence-corrected chi connectivity index (χ4v) is 2.72. The van der Waals surface area contributed by atoms with Crippen LogP contribution in [0.4, 0.5) is 5.69 Å². The predicted octanol–water partition coefficient (Wildman–Crippen LogP) is 3.65. The van der Waals surface area contributed by atoms with E-state index in [0.29, 0.717) is 6.04 Å². The average Bonchev–Trinajstić information content (AvgIpc) is 2.35. The normalized spacial score (nSPS) is 18.3. The van der Waals surface area contributed by atoms with E-state index in [2.05, 4.69) is 58.2 Å². The first kappa shape index (κ1) is 12.9. The van der Waals surface area contributed by atoms with E-state index >= 15 is 0 Å². The van der Waals surface area contributed by atoms with Gasteiger partial charge in [-0.3, -0.25) is 0 Å². The summed E-state index contributed by atoms with van der Waals surface area (Å²) in [6, 6.07) is 7.07. The molecule has 0 bridgehead atoms. The van der Waals surface area contributed by atoms with Crippen molar-refractivity contribution in [1.29, 1.82) is 0 Å².